The van der Waals surface area contributed by atoms with Crippen molar-refractivity contribution in [2.24, 2.45) is 0 Å². The Morgan fingerprint density at radius 2 is 1.50 bits per heavy atom. The van der Waals surface area contributed by atoms with E-state index in [0.717, 1.165) is 38.5 Å². The molecule has 0 radical (unpaired) electrons. The number of carbonyl (C=O) groups excluding carboxylic acids is 1. The summed E-state index contributed by atoms with van der Waals surface area (Å²) in [6.45, 7) is 4.35. The molecule has 4 heteroatoms. The topological polar surface area (TPSA) is 46.5 Å². The molecule has 0 spiro atoms. The highest BCUT2D eigenvalue weighted by Gasteiger charge is 2.11. The van der Waals surface area contributed by atoms with Gasteiger partial charge in [0, 0.05) is 11.2 Å². The fourth-order valence-corrected chi connectivity index (χ4v) is 2.40. The van der Waals surface area contributed by atoms with Gasteiger partial charge in [0.1, 0.15) is 0 Å². The van der Waals surface area contributed by atoms with E-state index in [0.29, 0.717) is 19.4 Å². The molecule has 0 rings (SSSR count). The quantitative estimate of drug-likeness (QED) is 0.150. The highest BCUT2D eigenvalue weighted by Crippen LogP contribution is 2.13. The molecule has 1 N–H and O–H groups in total. The van der Waals surface area contributed by atoms with Crippen molar-refractivity contribution in [3.63, 3.8) is 0 Å². The first kappa shape index (κ1) is 24.9. The number of allylic oxidation sites excluding steroid dienone is 7. The molecule has 2 atom stereocenters. The van der Waals surface area contributed by atoms with Gasteiger partial charge in [0.05, 0.1) is 12.7 Å². The van der Waals surface area contributed by atoms with Gasteiger partial charge >= 0.3 is 5.97 Å². The molecule has 0 fully saturated rings. The molecule has 2 unspecified atom stereocenters. The standard InChI is InChI=1S/C22H35BrO3/c1-3-20(23)21(24)18-16-14-12-10-8-6-5-7-9-11-13-15-17-19-22(25)26-4-2/h5,7-8,10-11,13-14,16,20-21,24H,3-4,6,9,12,15,17-19H2,1-2H3/b7-5-,10-8-,13-11-,16-14-. The Labute approximate surface area is 168 Å². The van der Waals surface area contributed by atoms with Crippen molar-refractivity contribution in [1.82, 2.24) is 0 Å². The third kappa shape index (κ3) is 16.3. The third-order valence-corrected chi connectivity index (χ3v) is 4.98. The van der Waals surface area contributed by atoms with Gasteiger partial charge in [0.25, 0.3) is 0 Å². The van der Waals surface area contributed by atoms with E-state index in [1.807, 2.05) is 13.0 Å². The molecule has 0 amide bonds. The Bertz CT molecular complexity index is 452. The number of alkyl halides is 1. The summed E-state index contributed by atoms with van der Waals surface area (Å²) in [6.07, 6.45) is 23.4. The molecule has 0 saturated heterocycles. The predicted octanol–water partition coefficient (Wildman–Crippen LogP) is 6.04. The van der Waals surface area contributed by atoms with Crippen LogP contribution >= 0.6 is 15.9 Å². The van der Waals surface area contributed by atoms with Gasteiger partial charge in [-0.15, -0.1) is 0 Å². The molecule has 148 valence electrons. The fourth-order valence-electron chi connectivity index (χ4n) is 2.18. The summed E-state index contributed by atoms with van der Waals surface area (Å²) in [5, 5.41) is 9.80. The number of esters is 1. The summed E-state index contributed by atoms with van der Waals surface area (Å²) in [6, 6.07) is 0. The van der Waals surface area contributed by atoms with Gasteiger partial charge in [0.15, 0.2) is 0 Å². The van der Waals surface area contributed by atoms with Gasteiger partial charge < -0.3 is 9.84 Å². The number of ether oxygens (including phenoxy) is 1. The summed E-state index contributed by atoms with van der Waals surface area (Å²) in [5.74, 6) is -0.105. The first-order valence-electron chi connectivity index (χ1n) is 9.69. The molecular weight excluding hydrogens is 392 g/mol. The highest BCUT2D eigenvalue weighted by molar-refractivity contribution is 9.09. The summed E-state index contributed by atoms with van der Waals surface area (Å²) in [5.41, 5.74) is 0. The number of halogens is 1. The summed E-state index contributed by atoms with van der Waals surface area (Å²) in [4.78, 5) is 11.3. The number of hydrogen-bond acceptors (Lipinski definition) is 3. The normalized spacial score (nSPS) is 14.8. The maximum absolute atomic E-state index is 11.1. The van der Waals surface area contributed by atoms with Crippen LogP contribution in [0.2, 0.25) is 0 Å². The van der Waals surface area contributed by atoms with Crippen LogP contribution in [0.15, 0.2) is 48.6 Å². The molecule has 26 heavy (non-hydrogen) atoms. The minimum atomic E-state index is -0.304. The molecule has 0 aliphatic carbocycles. The summed E-state index contributed by atoms with van der Waals surface area (Å²) < 4.78 is 4.88. The molecule has 3 nitrogen and oxygen atoms in total. The lowest BCUT2D eigenvalue weighted by Crippen LogP contribution is -2.18. The molecule has 0 aromatic carbocycles. The number of carbonyl (C=O) groups is 1. The molecule has 0 aliphatic rings. The molecule has 0 heterocycles. The lowest BCUT2D eigenvalue weighted by molar-refractivity contribution is -0.143. The van der Waals surface area contributed by atoms with E-state index in [-0.39, 0.29) is 16.9 Å². The van der Waals surface area contributed by atoms with E-state index in [1.54, 1.807) is 0 Å². The van der Waals surface area contributed by atoms with Crippen LogP contribution in [0.4, 0.5) is 0 Å². The van der Waals surface area contributed by atoms with Gasteiger partial charge in [0.2, 0.25) is 0 Å². The van der Waals surface area contributed by atoms with Crippen LogP contribution in [0.3, 0.4) is 0 Å². The van der Waals surface area contributed by atoms with E-state index in [1.165, 1.54) is 0 Å². The van der Waals surface area contributed by atoms with Crippen molar-refractivity contribution in [2.45, 2.75) is 76.1 Å². The predicted molar refractivity (Wildman–Crippen MR) is 115 cm³/mol. The monoisotopic (exact) mass is 426 g/mol. The van der Waals surface area contributed by atoms with Crippen LogP contribution in [0.5, 0.6) is 0 Å². The summed E-state index contributed by atoms with van der Waals surface area (Å²) >= 11 is 3.47. The van der Waals surface area contributed by atoms with Gasteiger partial charge in [-0.3, -0.25) is 4.79 Å². The molecular formula is C22H35BrO3. The highest BCUT2D eigenvalue weighted by atomic mass is 79.9. The number of hydrogen-bond donors (Lipinski definition) is 1. The number of rotatable bonds is 15. The van der Waals surface area contributed by atoms with Crippen LogP contribution in [0.1, 0.15) is 65.2 Å². The van der Waals surface area contributed by atoms with Crippen LogP contribution in [-0.4, -0.2) is 28.6 Å². The van der Waals surface area contributed by atoms with E-state index in [4.69, 9.17) is 4.74 Å². The Morgan fingerprint density at radius 1 is 0.962 bits per heavy atom. The van der Waals surface area contributed by atoms with Crippen molar-refractivity contribution in [1.29, 1.82) is 0 Å². The Kier molecular flexibility index (Phi) is 17.8. The first-order valence-corrected chi connectivity index (χ1v) is 10.6. The maximum Gasteiger partial charge on any atom is 0.305 e. The summed E-state index contributed by atoms with van der Waals surface area (Å²) in [7, 11) is 0. The van der Waals surface area contributed by atoms with Gasteiger partial charge in [-0.05, 0) is 51.9 Å². The zero-order valence-electron chi connectivity index (χ0n) is 16.3. The average molecular weight is 427 g/mol. The van der Waals surface area contributed by atoms with Gasteiger partial charge in [-0.1, -0.05) is 71.5 Å². The number of unbranched alkanes of at least 4 members (excludes halogenated alkanes) is 1. The van der Waals surface area contributed by atoms with E-state index >= 15 is 0 Å². The molecule has 0 aliphatic heterocycles. The van der Waals surface area contributed by atoms with Crippen molar-refractivity contribution in [3.05, 3.63) is 48.6 Å². The lowest BCUT2D eigenvalue weighted by Gasteiger charge is -2.12. The van der Waals surface area contributed by atoms with Crippen molar-refractivity contribution in [3.8, 4) is 0 Å². The molecule has 0 saturated carbocycles. The minimum Gasteiger partial charge on any atom is -0.466 e. The number of aliphatic hydroxyl groups excluding tert-OH is 1. The zero-order valence-corrected chi connectivity index (χ0v) is 17.9. The van der Waals surface area contributed by atoms with Gasteiger partial charge in [-0.25, -0.2) is 0 Å². The van der Waals surface area contributed by atoms with Crippen molar-refractivity contribution < 1.29 is 14.6 Å². The smallest absolute Gasteiger partial charge is 0.305 e. The van der Waals surface area contributed by atoms with Crippen LogP contribution in [0, 0.1) is 0 Å². The van der Waals surface area contributed by atoms with Crippen LogP contribution in [-0.2, 0) is 9.53 Å². The molecule has 0 aromatic rings. The van der Waals surface area contributed by atoms with Crippen molar-refractivity contribution in [2.75, 3.05) is 6.61 Å². The van der Waals surface area contributed by atoms with Crippen LogP contribution in [0.25, 0.3) is 0 Å². The fraction of sp³-hybridized carbons (Fsp3) is 0.591. The second kappa shape index (κ2) is 18.7. The Hall–Kier alpha value is -1.13. The van der Waals surface area contributed by atoms with E-state index in [2.05, 4.69) is 65.4 Å². The largest absolute Gasteiger partial charge is 0.466 e. The van der Waals surface area contributed by atoms with E-state index in [9.17, 15) is 9.90 Å². The van der Waals surface area contributed by atoms with Crippen molar-refractivity contribution >= 4 is 21.9 Å². The van der Waals surface area contributed by atoms with Crippen LogP contribution < -0.4 is 0 Å². The zero-order chi connectivity index (χ0) is 19.5. The Morgan fingerprint density at radius 3 is 2.04 bits per heavy atom. The Balaban J connectivity index is 3.58. The number of aliphatic hydroxyl groups is 1. The lowest BCUT2D eigenvalue weighted by atomic mass is 10.1. The molecule has 0 bridgehead atoms. The second-order valence-electron chi connectivity index (χ2n) is 6.02. The SMILES string of the molecule is CCOC(=O)CCC/C=C\C/C=C\C/C=C\C/C=C\CC(O)C(Br)CC. The minimum absolute atomic E-state index is 0.105. The second-order valence-corrected chi connectivity index (χ2v) is 7.19. The van der Waals surface area contributed by atoms with Gasteiger partial charge in [-0.2, -0.15) is 0 Å². The first-order chi connectivity index (χ1) is 12.6. The third-order valence-electron chi connectivity index (χ3n) is 3.73. The molecule has 0 aromatic heterocycles. The average Bonchev–Trinajstić information content (AvgIpc) is 2.64. The van der Waals surface area contributed by atoms with E-state index < -0.39 is 0 Å². The maximum atomic E-state index is 11.1.